The molecule has 0 bridgehead atoms. The van der Waals surface area contributed by atoms with Crippen molar-refractivity contribution in [3.05, 3.63) is 0 Å². The zero-order valence-electron chi connectivity index (χ0n) is 13.8. The molecule has 0 aromatic heterocycles. The van der Waals surface area contributed by atoms with Crippen LogP contribution < -0.4 is 0 Å². The first-order chi connectivity index (χ1) is 9.16. The molecule has 0 rings (SSSR count). The zero-order valence-corrected chi connectivity index (χ0v) is 13.8. The van der Waals surface area contributed by atoms with E-state index >= 15 is 0 Å². The van der Waals surface area contributed by atoms with Crippen LogP contribution in [0.5, 0.6) is 0 Å². The monoisotopic (exact) mass is 358 g/mol. The van der Waals surface area contributed by atoms with Crippen LogP contribution in [0.3, 0.4) is 0 Å². The van der Waals surface area contributed by atoms with Crippen LogP contribution in [0.15, 0.2) is 0 Å². The van der Waals surface area contributed by atoms with E-state index in [4.69, 9.17) is 18.9 Å². The maximum absolute atomic E-state index is 5.14. The Hall–Kier alpha value is -0.160. The third-order valence-electron chi connectivity index (χ3n) is 3.05. The Morgan fingerprint density at radius 3 is 1.17 bits per heavy atom. The second kappa shape index (κ2) is 34.2. The molecule has 0 aromatic carbocycles. The van der Waals surface area contributed by atoms with E-state index in [2.05, 4.69) is 13.8 Å². The lowest BCUT2D eigenvalue weighted by Crippen LogP contribution is -2.35. The predicted molar refractivity (Wildman–Crippen MR) is 113 cm³/mol. The SMILES string of the molecule is C.C.C.C.C.CCC(COC)(COC)COC.CCCCCOC. The molecule has 0 fully saturated rings. The highest BCUT2D eigenvalue weighted by atomic mass is 16.5. The molecule has 0 saturated heterocycles. The van der Waals surface area contributed by atoms with Crippen LogP contribution in [0.25, 0.3) is 0 Å². The van der Waals surface area contributed by atoms with Gasteiger partial charge in [0.15, 0.2) is 0 Å². The highest BCUT2D eigenvalue weighted by Gasteiger charge is 2.28. The second-order valence-corrected chi connectivity index (χ2v) is 4.85. The van der Waals surface area contributed by atoms with Crippen LogP contribution in [0, 0.1) is 5.41 Å². The van der Waals surface area contributed by atoms with Crippen molar-refractivity contribution in [3.63, 3.8) is 0 Å². The summed E-state index contributed by atoms with van der Waals surface area (Å²) in [6.45, 7) is 7.29. The highest BCUT2D eigenvalue weighted by Crippen LogP contribution is 2.22. The molecule has 0 amide bonds. The van der Waals surface area contributed by atoms with Gasteiger partial charge < -0.3 is 18.9 Å². The van der Waals surface area contributed by atoms with Gasteiger partial charge in [0.25, 0.3) is 0 Å². The Bertz CT molecular complexity index is 143. The lowest BCUT2D eigenvalue weighted by Gasteiger charge is -2.30. The summed E-state index contributed by atoms with van der Waals surface area (Å²) in [5, 5.41) is 0. The third-order valence-corrected chi connectivity index (χ3v) is 3.05. The fraction of sp³-hybridized carbons (Fsp3) is 1.00. The van der Waals surface area contributed by atoms with Gasteiger partial charge in [-0.2, -0.15) is 0 Å². The Morgan fingerprint density at radius 1 is 0.583 bits per heavy atom. The second-order valence-electron chi connectivity index (χ2n) is 4.85. The topological polar surface area (TPSA) is 36.9 Å². The predicted octanol–water partition coefficient (Wildman–Crippen LogP) is 6.33. The van der Waals surface area contributed by atoms with Gasteiger partial charge in [-0.05, 0) is 12.8 Å². The number of hydrogen-bond acceptors (Lipinski definition) is 4. The first-order valence-electron chi connectivity index (χ1n) is 7.12. The molecular weight excluding hydrogens is 304 g/mol. The van der Waals surface area contributed by atoms with Gasteiger partial charge in [-0.1, -0.05) is 63.8 Å². The molecule has 0 heterocycles. The standard InChI is InChI=1S/C9H20O3.C6H14O.5CH4/c1-5-9(6-10-2,7-11-3)8-12-4;1-3-4-5-6-7-2;;;;;/h5-8H2,1-4H3;3-6H2,1-2H3;5*1H4. The molecule has 0 spiro atoms. The third kappa shape index (κ3) is 26.7. The van der Waals surface area contributed by atoms with E-state index in [9.17, 15) is 0 Å². The van der Waals surface area contributed by atoms with Gasteiger partial charge in [-0.3, -0.25) is 0 Å². The van der Waals surface area contributed by atoms with Gasteiger partial charge in [0.2, 0.25) is 0 Å². The minimum Gasteiger partial charge on any atom is -0.385 e. The Balaban J connectivity index is -0.0000000432. The van der Waals surface area contributed by atoms with Crippen molar-refractivity contribution in [1.29, 1.82) is 0 Å². The number of unbranched alkanes of at least 4 members (excludes halogenated alkanes) is 2. The van der Waals surface area contributed by atoms with Crippen molar-refractivity contribution in [2.45, 2.75) is 76.7 Å². The minimum absolute atomic E-state index is 0. The van der Waals surface area contributed by atoms with Crippen LogP contribution >= 0.6 is 0 Å². The van der Waals surface area contributed by atoms with Gasteiger partial charge in [0, 0.05) is 40.5 Å². The molecule has 158 valence electrons. The van der Waals surface area contributed by atoms with Gasteiger partial charge >= 0.3 is 0 Å². The molecule has 0 aliphatic carbocycles. The van der Waals surface area contributed by atoms with Gasteiger partial charge in [-0.15, -0.1) is 0 Å². The summed E-state index contributed by atoms with van der Waals surface area (Å²) in [5.41, 5.74) is 0.0260. The molecule has 0 aromatic rings. The van der Waals surface area contributed by atoms with Crippen molar-refractivity contribution in [1.82, 2.24) is 0 Å². The molecule has 0 radical (unpaired) electrons. The minimum atomic E-state index is 0. The Morgan fingerprint density at radius 2 is 0.958 bits per heavy atom. The lowest BCUT2D eigenvalue weighted by molar-refractivity contribution is -0.0403. The van der Waals surface area contributed by atoms with Crippen molar-refractivity contribution in [2.24, 2.45) is 5.41 Å². The van der Waals surface area contributed by atoms with Gasteiger partial charge in [0.1, 0.15) is 0 Å². The smallest absolute Gasteiger partial charge is 0.0562 e. The lowest BCUT2D eigenvalue weighted by atomic mass is 9.88. The van der Waals surface area contributed by atoms with Crippen LogP contribution in [-0.4, -0.2) is 54.9 Å². The summed E-state index contributed by atoms with van der Waals surface area (Å²) in [5.74, 6) is 0. The summed E-state index contributed by atoms with van der Waals surface area (Å²) in [7, 11) is 6.86. The molecule has 0 N–H and O–H groups in total. The van der Waals surface area contributed by atoms with E-state index in [0.29, 0.717) is 19.8 Å². The summed E-state index contributed by atoms with van der Waals surface area (Å²) in [4.78, 5) is 0. The molecule has 4 nitrogen and oxygen atoms in total. The quantitative estimate of drug-likeness (QED) is 0.405. The number of methoxy groups -OCH3 is 4. The maximum Gasteiger partial charge on any atom is 0.0562 e. The molecule has 0 aliphatic heterocycles. The number of hydrogen-bond donors (Lipinski definition) is 0. The first-order valence-corrected chi connectivity index (χ1v) is 7.12. The van der Waals surface area contributed by atoms with Crippen LogP contribution in [-0.2, 0) is 18.9 Å². The molecule has 0 unspecified atom stereocenters. The fourth-order valence-corrected chi connectivity index (χ4v) is 1.85. The number of rotatable bonds is 11. The Kier molecular flexibility index (Phi) is 62.5. The van der Waals surface area contributed by atoms with Gasteiger partial charge in [0.05, 0.1) is 19.8 Å². The van der Waals surface area contributed by atoms with E-state index < -0.39 is 0 Å². The van der Waals surface area contributed by atoms with Crippen LogP contribution in [0.1, 0.15) is 76.7 Å². The van der Waals surface area contributed by atoms with E-state index in [1.165, 1.54) is 19.3 Å². The van der Waals surface area contributed by atoms with Crippen molar-refractivity contribution in [3.8, 4) is 0 Å². The molecule has 0 atom stereocenters. The molecule has 0 saturated carbocycles. The van der Waals surface area contributed by atoms with E-state index in [1.54, 1.807) is 28.4 Å². The zero-order chi connectivity index (χ0) is 15.0. The van der Waals surface area contributed by atoms with Gasteiger partial charge in [-0.25, -0.2) is 0 Å². The molecule has 0 aliphatic rings. The Labute approximate surface area is 156 Å². The van der Waals surface area contributed by atoms with Crippen molar-refractivity contribution >= 4 is 0 Å². The molecular formula is C20H54O4. The maximum atomic E-state index is 5.14. The van der Waals surface area contributed by atoms with E-state index in [1.807, 2.05) is 0 Å². The average molecular weight is 359 g/mol. The van der Waals surface area contributed by atoms with Crippen LogP contribution in [0.4, 0.5) is 0 Å². The molecule has 24 heavy (non-hydrogen) atoms. The van der Waals surface area contributed by atoms with Crippen molar-refractivity contribution < 1.29 is 18.9 Å². The summed E-state index contributed by atoms with van der Waals surface area (Å²) >= 11 is 0. The average Bonchev–Trinajstić information content (AvgIpc) is 2.41. The van der Waals surface area contributed by atoms with E-state index in [-0.39, 0.29) is 42.5 Å². The largest absolute Gasteiger partial charge is 0.385 e. The summed E-state index contributed by atoms with van der Waals surface area (Å²) < 4.78 is 20.3. The van der Waals surface area contributed by atoms with E-state index in [0.717, 1.165) is 13.0 Å². The fourth-order valence-electron chi connectivity index (χ4n) is 1.85. The van der Waals surface area contributed by atoms with Crippen molar-refractivity contribution in [2.75, 3.05) is 54.9 Å². The summed E-state index contributed by atoms with van der Waals surface area (Å²) in [6.07, 6.45) is 4.80. The van der Waals surface area contributed by atoms with Crippen LogP contribution in [0.2, 0.25) is 0 Å². The number of ether oxygens (including phenoxy) is 4. The highest BCUT2D eigenvalue weighted by molar-refractivity contribution is 4.76. The summed E-state index contributed by atoms with van der Waals surface area (Å²) in [6, 6.07) is 0. The molecule has 4 heteroatoms. The first kappa shape index (κ1) is 43.9. The normalized spacial score (nSPS) is 8.75.